The number of hydrogen-bond donors (Lipinski definition) is 2. The molecule has 0 bridgehead atoms. The van der Waals surface area contributed by atoms with Crippen molar-refractivity contribution in [1.82, 2.24) is 10.7 Å². The Morgan fingerprint density at radius 2 is 1.62 bits per heavy atom. The first-order chi connectivity index (χ1) is 14.2. The van der Waals surface area contributed by atoms with E-state index in [1.165, 1.54) is 11.3 Å². The second-order valence-electron chi connectivity index (χ2n) is 5.88. The summed E-state index contributed by atoms with van der Waals surface area (Å²) in [6.45, 7) is 0. The minimum absolute atomic E-state index is 0.0920. The predicted molar refractivity (Wildman–Crippen MR) is 118 cm³/mol. The molecule has 0 spiro atoms. The predicted octanol–water partition coefficient (Wildman–Crippen LogP) is 4.23. The lowest BCUT2D eigenvalue weighted by atomic mass is 10.2. The highest BCUT2D eigenvalue weighted by Gasteiger charge is 2.13. The van der Waals surface area contributed by atoms with E-state index < -0.39 is 5.91 Å². The number of carbonyl (C=O) groups excluding carboxylic acids is 2. The fourth-order valence-corrected chi connectivity index (χ4v) is 2.94. The van der Waals surface area contributed by atoms with Crippen molar-refractivity contribution in [3.05, 3.63) is 112 Å². The summed E-state index contributed by atoms with van der Waals surface area (Å²) in [6, 6.07) is 22.2. The van der Waals surface area contributed by atoms with Gasteiger partial charge in [-0.15, -0.1) is 11.3 Å². The van der Waals surface area contributed by atoms with Crippen molar-refractivity contribution in [2.45, 2.75) is 0 Å². The van der Waals surface area contributed by atoms with Crippen LogP contribution in [0.1, 0.15) is 20.8 Å². The topological polar surface area (TPSA) is 70.6 Å². The van der Waals surface area contributed by atoms with Crippen LogP contribution in [0.5, 0.6) is 0 Å². The van der Waals surface area contributed by atoms with Crippen molar-refractivity contribution in [2.75, 3.05) is 0 Å². The number of benzene rings is 2. The molecule has 5 nitrogen and oxygen atoms in total. The molecular weight excluding hydrogens is 382 g/mol. The first kappa shape index (κ1) is 20.0. The molecule has 0 radical (unpaired) electrons. The van der Waals surface area contributed by atoms with Gasteiger partial charge >= 0.3 is 0 Å². The van der Waals surface area contributed by atoms with Crippen LogP contribution >= 0.6 is 11.3 Å². The summed E-state index contributed by atoms with van der Waals surface area (Å²) in [5.74, 6) is -0.887. The van der Waals surface area contributed by atoms with Crippen molar-refractivity contribution >= 4 is 35.4 Å². The van der Waals surface area contributed by atoms with Crippen LogP contribution in [-0.4, -0.2) is 18.0 Å². The fourth-order valence-electron chi connectivity index (χ4n) is 2.36. The van der Waals surface area contributed by atoms with Gasteiger partial charge in [0.25, 0.3) is 11.8 Å². The number of hydrogen-bond acceptors (Lipinski definition) is 4. The molecule has 0 aliphatic rings. The molecule has 144 valence electrons. The van der Waals surface area contributed by atoms with Gasteiger partial charge in [-0.05, 0) is 35.2 Å². The van der Waals surface area contributed by atoms with Crippen LogP contribution in [0.4, 0.5) is 0 Å². The van der Waals surface area contributed by atoms with Gasteiger partial charge in [0, 0.05) is 10.4 Å². The van der Waals surface area contributed by atoms with Crippen molar-refractivity contribution in [2.24, 2.45) is 5.10 Å². The zero-order chi connectivity index (χ0) is 20.3. The maximum Gasteiger partial charge on any atom is 0.287 e. The Bertz CT molecular complexity index is 1020. The van der Waals surface area contributed by atoms with Crippen LogP contribution in [-0.2, 0) is 4.79 Å². The molecule has 0 saturated heterocycles. The molecule has 0 fully saturated rings. The molecule has 0 unspecified atom stereocenters. The van der Waals surface area contributed by atoms with E-state index in [1.807, 2.05) is 60.0 Å². The van der Waals surface area contributed by atoms with Crippen LogP contribution < -0.4 is 10.7 Å². The number of nitrogens with zero attached hydrogens (tertiary/aromatic N) is 1. The first-order valence-corrected chi connectivity index (χ1v) is 9.77. The number of thiophene rings is 1. The van der Waals surface area contributed by atoms with Gasteiger partial charge in [-0.1, -0.05) is 66.7 Å². The molecule has 3 rings (SSSR count). The number of carbonyl (C=O) groups is 2. The van der Waals surface area contributed by atoms with Crippen LogP contribution in [0.25, 0.3) is 6.08 Å². The highest BCUT2D eigenvalue weighted by Crippen LogP contribution is 2.05. The Kier molecular flexibility index (Phi) is 7.26. The standard InChI is InChI=1S/C23H19N3O2S/c27-22(19-12-5-2-6-13-19)25-21(15-7-11-18-9-3-1-4-10-18)23(28)26-24-17-20-14-8-16-29-20/h1-17H,(H,25,27)(H,26,28). The molecule has 1 aromatic heterocycles. The van der Waals surface area contributed by atoms with E-state index in [9.17, 15) is 9.59 Å². The van der Waals surface area contributed by atoms with E-state index in [-0.39, 0.29) is 11.6 Å². The van der Waals surface area contributed by atoms with Gasteiger partial charge in [-0.25, -0.2) is 5.43 Å². The summed E-state index contributed by atoms with van der Waals surface area (Å²) < 4.78 is 0. The lowest BCUT2D eigenvalue weighted by Gasteiger charge is -2.08. The molecule has 2 aromatic carbocycles. The number of allylic oxidation sites excluding steroid dienone is 2. The lowest BCUT2D eigenvalue weighted by molar-refractivity contribution is -0.117. The van der Waals surface area contributed by atoms with Gasteiger partial charge in [0.1, 0.15) is 5.70 Å². The van der Waals surface area contributed by atoms with Crippen molar-refractivity contribution < 1.29 is 9.59 Å². The third-order valence-corrected chi connectivity index (χ3v) is 4.59. The maximum absolute atomic E-state index is 12.5. The number of rotatable bonds is 7. The molecule has 3 aromatic rings. The molecule has 2 amide bonds. The molecule has 0 saturated carbocycles. The van der Waals surface area contributed by atoms with Gasteiger partial charge in [-0.3, -0.25) is 9.59 Å². The molecule has 2 N–H and O–H groups in total. The van der Waals surface area contributed by atoms with Crippen LogP contribution in [0.3, 0.4) is 0 Å². The third-order valence-electron chi connectivity index (χ3n) is 3.78. The lowest BCUT2D eigenvalue weighted by Crippen LogP contribution is -2.32. The van der Waals surface area contributed by atoms with Gasteiger partial charge in [0.2, 0.25) is 0 Å². The summed E-state index contributed by atoms with van der Waals surface area (Å²) >= 11 is 1.51. The Labute approximate surface area is 173 Å². The molecular formula is C23H19N3O2S. The van der Waals surface area contributed by atoms with Gasteiger partial charge < -0.3 is 5.32 Å². The number of nitrogens with one attached hydrogen (secondary N) is 2. The van der Waals surface area contributed by atoms with Crippen molar-refractivity contribution in [3.8, 4) is 0 Å². The van der Waals surface area contributed by atoms with E-state index in [2.05, 4.69) is 15.8 Å². The minimum Gasteiger partial charge on any atom is -0.317 e. The normalized spacial score (nSPS) is 11.7. The summed E-state index contributed by atoms with van der Waals surface area (Å²) in [7, 11) is 0. The monoisotopic (exact) mass is 401 g/mol. The van der Waals surface area contributed by atoms with E-state index in [1.54, 1.807) is 42.6 Å². The fraction of sp³-hybridized carbons (Fsp3) is 0. The summed E-state index contributed by atoms with van der Waals surface area (Å²) in [6.07, 6.45) is 6.65. The van der Waals surface area contributed by atoms with Gasteiger partial charge in [0.05, 0.1) is 6.21 Å². The highest BCUT2D eigenvalue weighted by molar-refractivity contribution is 7.11. The average Bonchev–Trinajstić information content (AvgIpc) is 3.28. The number of hydrazone groups is 1. The van der Waals surface area contributed by atoms with Crippen LogP contribution in [0, 0.1) is 0 Å². The Hall–Kier alpha value is -3.77. The smallest absolute Gasteiger partial charge is 0.287 e. The zero-order valence-corrected chi connectivity index (χ0v) is 16.3. The van der Waals surface area contributed by atoms with Crippen molar-refractivity contribution in [3.63, 3.8) is 0 Å². The second-order valence-corrected chi connectivity index (χ2v) is 6.86. The molecule has 0 atom stereocenters. The summed E-state index contributed by atoms with van der Waals surface area (Å²) in [4.78, 5) is 25.9. The molecule has 0 aliphatic carbocycles. The SMILES string of the molecule is O=C(NN=Cc1cccs1)C(=CC=Cc1ccccc1)NC(=O)c1ccccc1. The zero-order valence-electron chi connectivity index (χ0n) is 15.5. The maximum atomic E-state index is 12.5. The van der Waals surface area contributed by atoms with Crippen LogP contribution in [0.2, 0.25) is 0 Å². The van der Waals surface area contributed by atoms with E-state index in [4.69, 9.17) is 0 Å². The Balaban J connectivity index is 1.74. The Morgan fingerprint density at radius 1 is 0.897 bits per heavy atom. The molecule has 1 heterocycles. The quantitative estimate of drug-likeness (QED) is 0.269. The first-order valence-electron chi connectivity index (χ1n) is 8.89. The van der Waals surface area contributed by atoms with Crippen LogP contribution in [0.15, 0.2) is 101 Å². The van der Waals surface area contributed by atoms with E-state index >= 15 is 0 Å². The Morgan fingerprint density at radius 3 is 2.31 bits per heavy atom. The number of amides is 2. The summed E-state index contributed by atoms with van der Waals surface area (Å²) in [5, 5.41) is 8.52. The molecule has 29 heavy (non-hydrogen) atoms. The minimum atomic E-state index is -0.514. The van der Waals surface area contributed by atoms with E-state index in [0.29, 0.717) is 5.56 Å². The second kappa shape index (κ2) is 10.5. The van der Waals surface area contributed by atoms with Gasteiger partial charge in [0.15, 0.2) is 0 Å². The van der Waals surface area contributed by atoms with Crippen molar-refractivity contribution in [1.29, 1.82) is 0 Å². The largest absolute Gasteiger partial charge is 0.317 e. The third kappa shape index (κ3) is 6.41. The average molecular weight is 401 g/mol. The van der Waals surface area contributed by atoms with Gasteiger partial charge in [-0.2, -0.15) is 5.10 Å². The molecule has 0 aliphatic heterocycles. The summed E-state index contributed by atoms with van der Waals surface area (Å²) in [5.41, 5.74) is 3.98. The highest BCUT2D eigenvalue weighted by atomic mass is 32.1. The molecule has 6 heteroatoms. The van der Waals surface area contributed by atoms with E-state index in [0.717, 1.165) is 10.4 Å².